The summed E-state index contributed by atoms with van der Waals surface area (Å²) in [4.78, 5) is 10.4. The maximum Gasteiger partial charge on any atom is 0.303 e. The molecule has 0 aliphatic carbocycles. The van der Waals surface area contributed by atoms with Gasteiger partial charge in [0.05, 0.1) is 12.2 Å². The molecule has 0 spiro atoms. The average Bonchev–Trinajstić information content (AvgIpc) is 2.63. The average molecular weight is 360 g/mol. The first-order valence-corrected chi connectivity index (χ1v) is 9.54. The summed E-state index contributed by atoms with van der Waals surface area (Å²) >= 11 is 0. The van der Waals surface area contributed by atoms with Gasteiger partial charge >= 0.3 is 5.97 Å². The molecule has 0 amide bonds. The van der Waals surface area contributed by atoms with Gasteiger partial charge in [-0.15, -0.1) is 0 Å². The lowest BCUT2D eigenvalue weighted by molar-refractivity contribution is -0.137. The molecule has 0 aliphatic rings. The summed E-state index contributed by atoms with van der Waals surface area (Å²) in [6, 6.07) is 7.60. The maximum absolute atomic E-state index is 10.4. The monoisotopic (exact) mass is 360 g/mol. The minimum absolute atomic E-state index is 0.0739. The van der Waals surface area contributed by atoms with Crippen LogP contribution in [-0.2, 0) is 4.79 Å². The van der Waals surface area contributed by atoms with E-state index >= 15 is 0 Å². The van der Waals surface area contributed by atoms with E-state index in [1.54, 1.807) is 6.08 Å². The number of aliphatic carboxylic acids is 1. The summed E-state index contributed by atoms with van der Waals surface area (Å²) in [7, 11) is 0. The molecular weight excluding hydrogens is 328 g/mol. The van der Waals surface area contributed by atoms with Gasteiger partial charge in [-0.2, -0.15) is 0 Å². The van der Waals surface area contributed by atoms with Gasteiger partial charge in [0.15, 0.2) is 0 Å². The van der Waals surface area contributed by atoms with E-state index in [2.05, 4.69) is 13.0 Å². The van der Waals surface area contributed by atoms with E-state index < -0.39 is 18.2 Å². The smallest absolute Gasteiger partial charge is 0.303 e. The Morgan fingerprint density at radius 2 is 1.81 bits per heavy atom. The van der Waals surface area contributed by atoms with Gasteiger partial charge in [0.1, 0.15) is 0 Å². The number of hydrogen-bond acceptors (Lipinski definition) is 3. The van der Waals surface area contributed by atoms with Crippen LogP contribution in [0, 0.1) is 0 Å². The molecule has 1 aromatic rings. The molecule has 4 nitrogen and oxygen atoms in total. The molecular formula is C22H32O4. The third-order valence-electron chi connectivity index (χ3n) is 4.22. The van der Waals surface area contributed by atoms with Gasteiger partial charge in [-0.25, -0.2) is 0 Å². The van der Waals surface area contributed by atoms with Crippen molar-refractivity contribution in [2.24, 2.45) is 0 Å². The van der Waals surface area contributed by atoms with Crippen molar-refractivity contribution in [2.75, 3.05) is 0 Å². The van der Waals surface area contributed by atoms with Crippen LogP contribution in [0.4, 0.5) is 0 Å². The summed E-state index contributed by atoms with van der Waals surface area (Å²) < 4.78 is 0. The largest absolute Gasteiger partial charge is 0.481 e. The SMILES string of the molecule is CCCCC/C=C/CC(O)c1ccc(/C=C/[C@@H](O)CCCC(=O)O)cc1. The van der Waals surface area contributed by atoms with Gasteiger partial charge in [0.25, 0.3) is 0 Å². The van der Waals surface area contributed by atoms with Crippen molar-refractivity contribution in [2.45, 2.75) is 70.5 Å². The highest BCUT2D eigenvalue weighted by Gasteiger charge is 2.05. The second-order valence-corrected chi connectivity index (χ2v) is 6.60. The fourth-order valence-corrected chi connectivity index (χ4v) is 2.60. The Balaban J connectivity index is 2.39. The molecule has 0 aromatic heterocycles. The Morgan fingerprint density at radius 3 is 2.46 bits per heavy atom. The van der Waals surface area contributed by atoms with Crippen molar-refractivity contribution >= 4 is 12.0 Å². The zero-order chi connectivity index (χ0) is 19.2. The van der Waals surface area contributed by atoms with Gasteiger partial charge in [-0.05, 0) is 43.2 Å². The van der Waals surface area contributed by atoms with Crippen molar-refractivity contribution in [3.05, 3.63) is 53.6 Å². The van der Waals surface area contributed by atoms with Crippen LogP contribution in [0.15, 0.2) is 42.5 Å². The Bertz CT molecular complexity index is 560. The number of unbranched alkanes of at least 4 members (excludes halogenated alkanes) is 3. The minimum atomic E-state index is -0.842. The number of rotatable bonds is 13. The third-order valence-corrected chi connectivity index (χ3v) is 4.22. The Morgan fingerprint density at radius 1 is 1.08 bits per heavy atom. The number of benzene rings is 1. The van der Waals surface area contributed by atoms with Crippen molar-refractivity contribution in [3.8, 4) is 0 Å². The lowest BCUT2D eigenvalue weighted by Gasteiger charge is -2.09. The van der Waals surface area contributed by atoms with Crippen LogP contribution < -0.4 is 0 Å². The number of hydrogen-bond donors (Lipinski definition) is 3. The highest BCUT2D eigenvalue weighted by atomic mass is 16.4. The summed E-state index contributed by atoms with van der Waals surface area (Å²) in [6.45, 7) is 2.19. The predicted octanol–water partition coefficient (Wildman–Crippen LogP) is 4.88. The van der Waals surface area contributed by atoms with E-state index in [1.807, 2.05) is 36.4 Å². The van der Waals surface area contributed by atoms with E-state index in [4.69, 9.17) is 5.11 Å². The number of aliphatic hydroxyl groups is 2. The Kier molecular flexibility index (Phi) is 11.3. The second kappa shape index (κ2) is 13.3. The third kappa shape index (κ3) is 10.2. The molecule has 0 aliphatic heterocycles. The molecule has 0 radical (unpaired) electrons. The molecule has 3 N–H and O–H groups in total. The first-order chi connectivity index (χ1) is 12.5. The normalized spacial score (nSPS) is 14.1. The van der Waals surface area contributed by atoms with Crippen LogP contribution in [0.25, 0.3) is 6.08 Å². The first-order valence-electron chi connectivity index (χ1n) is 9.54. The van der Waals surface area contributed by atoms with Gasteiger partial charge in [0, 0.05) is 6.42 Å². The molecule has 2 atom stereocenters. The lowest BCUT2D eigenvalue weighted by atomic mass is 10.0. The van der Waals surface area contributed by atoms with Crippen LogP contribution in [0.3, 0.4) is 0 Å². The van der Waals surface area contributed by atoms with E-state index in [9.17, 15) is 15.0 Å². The van der Waals surface area contributed by atoms with E-state index in [0.717, 1.165) is 17.5 Å². The molecule has 1 unspecified atom stereocenters. The predicted molar refractivity (Wildman–Crippen MR) is 106 cm³/mol. The quantitative estimate of drug-likeness (QED) is 0.346. The number of aliphatic hydroxyl groups excluding tert-OH is 2. The first kappa shape index (κ1) is 22.1. The highest BCUT2D eigenvalue weighted by molar-refractivity contribution is 5.66. The number of carboxylic acids is 1. The van der Waals surface area contributed by atoms with Crippen LogP contribution >= 0.6 is 0 Å². The van der Waals surface area contributed by atoms with Crippen molar-refractivity contribution in [1.29, 1.82) is 0 Å². The van der Waals surface area contributed by atoms with Crippen LogP contribution in [0.2, 0.25) is 0 Å². The second-order valence-electron chi connectivity index (χ2n) is 6.60. The zero-order valence-corrected chi connectivity index (χ0v) is 15.7. The fourth-order valence-electron chi connectivity index (χ4n) is 2.60. The van der Waals surface area contributed by atoms with Crippen molar-refractivity contribution in [3.63, 3.8) is 0 Å². The summed E-state index contributed by atoms with van der Waals surface area (Å²) in [5.41, 5.74) is 1.82. The Labute approximate surface area is 156 Å². The zero-order valence-electron chi connectivity index (χ0n) is 15.7. The number of carboxylic acid groups (broad SMARTS) is 1. The fraction of sp³-hybridized carbons (Fsp3) is 0.500. The van der Waals surface area contributed by atoms with Crippen molar-refractivity contribution < 1.29 is 20.1 Å². The molecule has 0 saturated carbocycles. The van der Waals surface area contributed by atoms with Crippen LogP contribution in [0.5, 0.6) is 0 Å². The summed E-state index contributed by atoms with van der Waals surface area (Å²) in [5, 5.41) is 28.6. The molecule has 144 valence electrons. The van der Waals surface area contributed by atoms with Gasteiger partial charge < -0.3 is 15.3 Å². The van der Waals surface area contributed by atoms with E-state index in [1.165, 1.54) is 19.3 Å². The molecule has 0 heterocycles. The van der Waals surface area contributed by atoms with Crippen LogP contribution in [-0.4, -0.2) is 27.4 Å². The molecule has 0 fully saturated rings. The maximum atomic E-state index is 10.4. The summed E-state index contributed by atoms with van der Waals surface area (Å²) in [5.74, 6) is -0.842. The van der Waals surface area contributed by atoms with Crippen LogP contribution in [0.1, 0.15) is 75.5 Å². The van der Waals surface area contributed by atoms with Gasteiger partial charge in [-0.1, -0.05) is 68.3 Å². The van der Waals surface area contributed by atoms with Gasteiger partial charge in [0.2, 0.25) is 0 Å². The lowest BCUT2D eigenvalue weighted by Crippen LogP contribution is -2.03. The molecule has 4 heteroatoms. The Hall–Kier alpha value is -1.91. The van der Waals surface area contributed by atoms with E-state index in [0.29, 0.717) is 19.3 Å². The number of allylic oxidation sites excluding steroid dienone is 1. The number of carbonyl (C=O) groups is 1. The molecule has 0 bridgehead atoms. The standard InChI is InChI=1S/C22H32O4/c1-2-3-4-5-6-7-10-21(24)19-15-12-18(13-16-19)14-17-20(23)9-8-11-22(25)26/h6-7,12-17,20-21,23-24H,2-5,8-11H2,1H3,(H,25,26)/b7-6+,17-14+/t20-,21?/m0/s1. The van der Waals surface area contributed by atoms with Crippen molar-refractivity contribution in [1.82, 2.24) is 0 Å². The molecule has 1 aromatic carbocycles. The molecule has 26 heavy (non-hydrogen) atoms. The topological polar surface area (TPSA) is 77.8 Å². The van der Waals surface area contributed by atoms with Gasteiger partial charge in [-0.3, -0.25) is 4.79 Å². The summed E-state index contributed by atoms with van der Waals surface area (Å²) in [6.07, 6.45) is 12.8. The minimum Gasteiger partial charge on any atom is -0.481 e. The van der Waals surface area contributed by atoms with E-state index in [-0.39, 0.29) is 6.42 Å². The molecule has 0 saturated heterocycles. The highest BCUT2D eigenvalue weighted by Crippen LogP contribution is 2.19. The molecule has 1 rings (SSSR count).